The highest BCUT2D eigenvalue weighted by Crippen LogP contribution is 2.33. The molecule has 0 radical (unpaired) electrons. The number of carbonyl (C=O) groups is 2. The standard InChI is InChI=1S/C30H43N3O2/c1-4-33(5-2)20-10-11-23(3)31-30(35)27-15-9-12-24(21-27)22-29(34)32-28-18-16-26(17-19-28)25-13-7-6-8-14-25/h9,12,15-19,21,23,25H,4-8,10-11,13-14,20,22H2,1-3H3,(H,31,35)(H,32,34). The summed E-state index contributed by atoms with van der Waals surface area (Å²) in [5, 5.41) is 6.10. The number of hydrogen-bond donors (Lipinski definition) is 2. The van der Waals surface area contributed by atoms with Crippen molar-refractivity contribution in [3.8, 4) is 0 Å². The molecule has 2 amide bonds. The van der Waals surface area contributed by atoms with E-state index in [2.05, 4.69) is 48.4 Å². The molecule has 1 fully saturated rings. The van der Waals surface area contributed by atoms with Crippen LogP contribution in [0, 0.1) is 0 Å². The highest BCUT2D eigenvalue weighted by molar-refractivity contribution is 5.95. The van der Waals surface area contributed by atoms with Gasteiger partial charge in [-0.1, -0.05) is 57.4 Å². The molecule has 0 spiro atoms. The summed E-state index contributed by atoms with van der Waals surface area (Å²) in [4.78, 5) is 27.8. The van der Waals surface area contributed by atoms with Crippen LogP contribution in [-0.2, 0) is 11.2 Å². The van der Waals surface area contributed by atoms with Gasteiger partial charge in [0.2, 0.25) is 5.91 Å². The van der Waals surface area contributed by atoms with Crippen molar-refractivity contribution in [1.29, 1.82) is 0 Å². The third-order valence-corrected chi connectivity index (χ3v) is 7.21. The van der Waals surface area contributed by atoms with Crippen molar-refractivity contribution in [2.45, 2.75) is 84.1 Å². The molecule has 1 aliphatic rings. The summed E-state index contributed by atoms with van der Waals surface area (Å²) < 4.78 is 0. The zero-order valence-corrected chi connectivity index (χ0v) is 21.8. The quantitative estimate of drug-likeness (QED) is 0.385. The molecule has 0 bridgehead atoms. The van der Waals surface area contributed by atoms with E-state index in [1.54, 1.807) is 0 Å². The minimum Gasteiger partial charge on any atom is -0.350 e. The lowest BCUT2D eigenvalue weighted by Crippen LogP contribution is -2.33. The molecular weight excluding hydrogens is 434 g/mol. The predicted molar refractivity (Wildman–Crippen MR) is 145 cm³/mol. The SMILES string of the molecule is CCN(CC)CCCC(C)NC(=O)c1cccc(CC(=O)Nc2ccc(C3CCCCC3)cc2)c1. The van der Waals surface area contributed by atoms with Crippen molar-refractivity contribution in [2.24, 2.45) is 0 Å². The van der Waals surface area contributed by atoms with Crippen LogP contribution in [0.25, 0.3) is 0 Å². The highest BCUT2D eigenvalue weighted by Gasteiger charge is 2.16. The van der Waals surface area contributed by atoms with Crippen LogP contribution in [0.2, 0.25) is 0 Å². The average Bonchev–Trinajstić information content (AvgIpc) is 2.87. The largest absolute Gasteiger partial charge is 0.350 e. The van der Waals surface area contributed by atoms with Gasteiger partial charge in [-0.25, -0.2) is 0 Å². The molecule has 5 nitrogen and oxygen atoms in total. The highest BCUT2D eigenvalue weighted by atomic mass is 16.2. The number of rotatable bonds is 12. The Morgan fingerprint density at radius 2 is 1.71 bits per heavy atom. The van der Waals surface area contributed by atoms with E-state index in [4.69, 9.17) is 0 Å². The molecule has 0 saturated heterocycles. The number of nitrogens with one attached hydrogen (secondary N) is 2. The Bertz CT molecular complexity index is 931. The first-order valence-corrected chi connectivity index (χ1v) is 13.5. The van der Waals surface area contributed by atoms with Gasteiger partial charge in [0, 0.05) is 17.3 Å². The van der Waals surface area contributed by atoms with E-state index in [1.165, 1.54) is 37.7 Å². The van der Waals surface area contributed by atoms with E-state index in [1.807, 2.05) is 36.4 Å². The Kier molecular flexibility index (Phi) is 10.8. The predicted octanol–water partition coefficient (Wildman–Crippen LogP) is 6.16. The number of amides is 2. The average molecular weight is 478 g/mol. The maximum Gasteiger partial charge on any atom is 0.251 e. The van der Waals surface area contributed by atoms with Crippen molar-refractivity contribution in [3.05, 3.63) is 65.2 Å². The molecule has 2 N–H and O–H groups in total. The van der Waals surface area contributed by atoms with E-state index in [9.17, 15) is 9.59 Å². The molecule has 1 atom stereocenters. The first-order valence-electron chi connectivity index (χ1n) is 13.5. The minimum absolute atomic E-state index is 0.0715. The summed E-state index contributed by atoms with van der Waals surface area (Å²) in [5.74, 6) is 0.506. The van der Waals surface area contributed by atoms with Gasteiger partial charge in [0.25, 0.3) is 5.91 Å². The smallest absolute Gasteiger partial charge is 0.251 e. The number of nitrogens with zero attached hydrogens (tertiary/aromatic N) is 1. The summed E-state index contributed by atoms with van der Waals surface area (Å²) in [6.45, 7) is 9.58. The van der Waals surface area contributed by atoms with Crippen LogP contribution >= 0.6 is 0 Å². The van der Waals surface area contributed by atoms with Crippen molar-refractivity contribution in [2.75, 3.05) is 25.0 Å². The van der Waals surface area contributed by atoms with Gasteiger partial charge in [-0.2, -0.15) is 0 Å². The summed E-state index contributed by atoms with van der Waals surface area (Å²) in [5.41, 5.74) is 3.64. The van der Waals surface area contributed by atoms with Gasteiger partial charge in [-0.05, 0) is 93.6 Å². The molecule has 35 heavy (non-hydrogen) atoms. The lowest BCUT2D eigenvalue weighted by Gasteiger charge is -2.22. The van der Waals surface area contributed by atoms with Crippen LogP contribution in [-0.4, -0.2) is 42.4 Å². The van der Waals surface area contributed by atoms with Gasteiger partial charge in [0.15, 0.2) is 0 Å². The summed E-state index contributed by atoms with van der Waals surface area (Å²) in [7, 11) is 0. The normalized spacial score (nSPS) is 15.1. The van der Waals surface area contributed by atoms with Gasteiger partial charge in [0.1, 0.15) is 0 Å². The van der Waals surface area contributed by atoms with E-state index in [-0.39, 0.29) is 24.3 Å². The number of anilines is 1. The molecule has 1 unspecified atom stereocenters. The Hall–Kier alpha value is -2.66. The van der Waals surface area contributed by atoms with Gasteiger partial charge in [-0.3, -0.25) is 9.59 Å². The Morgan fingerprint density at radius 1 is 1.00 bits per heavy atom. The van der Waals surface area contributed by atoms with E-state index in [0.717, 1.165) is 43.7 Å². The first-order chi connectivity index (χ1) is 17.0. The molecule has 2 aromatic carbocycles. The molecule has 1 aliphatic carbocycles. The van der Waals surface area contributed by atoms with Crippen LogP contribution in [0.15, 0.2) is 48.5 Å². The second-order valence-corrected chi connectivity index (χ2v) is 9.93. The van der Waals surface area contributed by atoms with Crippen molar-refractivity contribution in [1.82, 2.24) is 10.2 Å². The first kappa shape index (κ1) is 26.9. The van der Waals surface area contributed by atoms with Crippen molar-refractivity contribution < 1.29 is 9.59 Å². The Morgan fingerprint density at radius 3 is 2.40 bits per heavy atom. The number of hydrogen-bond acceptors (Lipinski definition) is 3. The fourth-order valence-corrected chi connectivity index (χ4v) is 5.03. The number of carbonyl (C=O) groups excluding carboxylic acids is 2. The molecule has 1 saturated carbocycles. The van der Waals surface area contributed by atoms with E-state index >= 15 is 0 Å². The van der Waals surface area contributed by atoms with Gasteiger partial charge in [0.05, 0.1) is 6.42 Å². The zero-order chi connectivity index (χ0) is 25.0. The van der Waals surface area contributed by atoms with E-state index in [0.29, 0.717) is 11.5 Å². The Balaban J connectivity index is 1.47. The molecule has 5 heteroatoms. The second kappa shape index (κ2) is 14.0. The molecule has 0 aliphatic heterocycles. The van der Waals surface area contributed by atoms with Gasteiger partial charge in [-0.15, -0.1) is 0 Å². The van der Waals surface area contributed by atoms with Crippen LogP contribution in [0.4, 0.5) is 5.69 Å². The fraction of sp³-hybridized carbons (Fsp3) is 0.533. The second-order valence-electron chi connectivity index (χ2n) is 9.93. The maximum absolute atomic E-state index is 12.7. The monoisotopic (exact) mass is 477 g/mol. The number of benzene rings is 2. The van der Waals surface area contributed by atoms with Crippen LogP contribution < -0.4 is 10.6 Å². The summed E-state index contributed by atoms with van der Waals surface area (Å²) >= 11 is 0. The summed E-state index contributed by atoms with van der Waals surface area (Å²) in [6.07, 6.45) is 8.77. The molecule has 2 aromatic rings. The van der Waals surface area contributed by atoms with E-state index < -0.39 is 0 Å². The van der Waals surface area contributed by atoms with Crippen LogP contribution in [0.1, 0.15) is 93.1 Å². The molecular formula is C30H43N3O2. The van der Waals surface area contributed by atoms with Crippen molar-refractivity contribution >= 4 is 17.5 Å². The maximum atomic E-state index is 12.7. The summed E-state index contributed by atoms with van der Waals surface area (Å²) in [6, 6.07) is 15.8. The fourth-order valence-electron chi connectivity index (χ4n) is 5.03. The topological polar surface area (TPSA) is 61.4 Å². The Labute approximate surface area is 211 Å². The van der Waals surface area contributed by atoms with Crippen LogP contribution in [0.5, 0.6) is 0 Å². The zero-order valence-electron chi connectivity index (χ0n) is 21.8. The lowest BCUT2D eigenvalue weighted by atomic mass is 9.84. The minimum atomic E-state index is -0.0825. The molecule has 0 aromatic heterocycles. The third-order valence-electron chi connectivity index (χ3n) is 7.21. The van der Waals surface area contributed by atoms with Crippen molar-refractivity contribution in [3.63, 3.8) is 0 Å². The van der Waals surface area contributed by atoms with Crippen LogP contribution in [0.3, 0.4) is 0 Å². The molecule has 190 valence electrons. The molecule has 0 heterocycles. The lowest BCUT2D eigenvalue weighted by molar-refractivity contribution is -0.115. The van der Waals surface area contributed by atoms with Gasteiger partial charge < -0.3 is 15.5 Å². The van der Waals surface area contributed by atoms with Gasteiger partial charge >= 0.3 is 0 Å². The molecule has 3 rings (SSSR count). The third kappa shape index (κ3) is 8.81.